The summed E-state index contributed by atoms with van der Waals surface area (Å²) in [4.78, 5) is 10.0. The van der Waals surface area contributed by atoms with Crippen molar-refractivity contribution < 1.29 is 14.1 Å². The summed E-state index contributed by atoms with van der Waals surface area (Å²) in [5.41, 5.74) is -0.104. The summed E-state index contributed by atoms with van der Waals surface area (Å²) in [5.74, 6) is 0.303. The molecule has 1 saturated carbocycles. The number of benzene rings is 1. The molecule has 2 atom stereocenters. The number of alkyl halides is 1. The van der Waals surface area contributed by atoms with Gasteiger partial charge in [-0.05, 0) is 25.3 Å². The largest absolute Gasteiger partial charge is 0.486 e. The SMILES string of the molecule is O=[N+]([O-])c1ccc(O[C@H]2CCCC[C@@H]2F)c(Cl)c1. The van der Waals surface area contributed by atoms with Gasteiger partial charge < -0.3 is 4.74 Å². The minimum atomic E-state index is -0.995. The Morgan fingerprint density at radius 1 is 1.39 bits per heavy atom. The van der Waals surface area contributed by atoms with Crippen molar-refractivity contribution in [1.29, 1.82) is 0 Å². The molecule has 0 radical (unpaired) electrons. The molecule has 0 aromatic heterocycles. The van der Waals surface area contributed by atoms with Crippen LogP contribution in [0.4, 0.5) is 10.1 Å². The Bertz CT molecular complexity index is 455. The van der Waals surface area contributed by atoms with Crippen molar-refractivity contribution in [2.45, 2.75) is 38.0 Å². The summed E-state index contributed by atoms with van der Waals surface area (Å²) in [6.07, 6.45) is 1.44. The zero-order chi connectivity index (χ0) is 13.1. The Kier molecular flexibility index (Phi) is 4.01. The lowest BCUT2D eigenvalue weighted by Crippen LogP contribution is -2.31. The van der Waals surface area contributed by atoms with Gasteiger partial charge in [0.15, 0.2) is 0 Å². The predicted octanol–water partition coefficient (Wildman–Crippen LogP) is 3.91. The van der Waals surface area contributed by atoms with E-state index in [1.54, 1.807) is 0 Å². The first-order chi connectivity index (χ1) is 8.58. The van der Waals surface area contributed by atoms with Gasteiger partial charge in [0.1, 0.15) is 18.0 Å². The molecule has 0 unspecified atom stereocenters. The Hall–Kier alpha value is -1.36. The highest BCUT2D eigenvalue weighted by atomic mass is 35.5. The zero-order valence-electron chi connectivity index (χ0n) is 9.64. The molecule has 1 aliphatic carbocycles. The van der Waals surface area contributed by atoms with Gasteiger partial charge in [0.25, 0.3) is 5.69 Å². The average Bonchev–Trinajstić information content (AvgIpc) is 2.34. The molecule has 6 heteroatoms. The smallest absolute Gasteiger partial charge is 0.271 e. The first-order valence-corrected chi connectivity index (χ1v) is 6.20. The van der Waals surface area contributed by atoms with Gasteiger partial charge in [-0.15, -0.1) is 0 Å². The number of nitrogens with zero attached hydrogens (tertiary/aromatic N) is 1. The van der Waals surface area contributed by atoms with E-state index >= 15 is 0 Å². The summed E-state index contributed by atoms with van der Waals surface area (Å²) in [6.45, 7) is 0. The second-order valence-electron chi connectivity index (χ2n) is 4.33. The van der Waals surface area contributed by atoms with Gasteiger partial charge in [-0.2, -0.15) is 0 Å². The monoisotopic (exact) mass is 273 g/mol. The van der Waals surface area contributed by atoms with Crippen LogP contribution in [0.2, 0.25) is 5.02 Å². The molecule has 0 spiro atoms. The lowest BCUT2D eigenvalue weighted by Gasteiger charge is -2.26. The third kappa shape index (κ3) is 2.90. The molecule has 0 N–H and O–H groups in total. The van der Waals surface area contributed by atoms with Crippen LogP contribution >= 0.6 is 11.6 Å². The van der Waals surface area contributed by atoms with E-state index in [4.69, 9.17) is 16.3 Å². The van der Waals surface area contributed by atoms with Crippen molar-refractivity contribution in [3.8, 4) is 5.75 Å². The van der Waals surface area contributed by atoms with Crippen molar-refractivity contribution >= 4 is 17.3 Å². The molecule has 1 aromatic carbocycles. The molecule has 98 valence electrons. The highest BCUT2D eigenvalue weighted by Gasteiger charge is 2.27. The zero-order valence-corrected chi connectivity index (χ0v) is 10.4. The van der Waals surface area contributed by atoms with Crippen molar-refractivity contribution in [1.82, 2.24) is 0 Å². The Morgan fingerprint density at radius 2 is 2.11 bits per heavy atom. The normalized spacial score (nSPS) is 23.7. The second-order valence-corrected chi connectivity index (χ2v) is 4.74. The van der Waals surface area contributed by atoms with Gasteiger partial charge in [-0.25, -0.2) is 4.39 Å². The van der Waals surface area contributed by atoms with Crippen molar-refractivity contribution in [3.05, 3.63) is 33.3 Å². The van der Waals surface area contributed by atoms with Crippen molar-refractivity contribution in [2.24, 2.45) is 0 Å². The summed E-state index contributed by atoms with van der Waals surface area (Å²) in [5, 5.41) is 10.7. The standard InChI is InChI=1S/C12H13ClFNO3/c13-9-7-8(15(16)17)5-6-11(9)18-12-4-2-1-3-10(12)14/h5-7,10,12H,1-4H2/t10-,12-/m0/s1. The van der Waals surface area contributed by atoms with Crippen LogP contribution in [0.1, 0.15) is 25.7 Å². The average molecular weight is 274 g/mol. The summed E-state index contributed by atoms with van der Waals surface area (Å²) >= 11 is 5.89. The fraction of sp³-hybridized carbons (Fsp3) is 0.500. The maximum Gasteiger partial charge on any atom is 0.271 e. The third-order valence-electron chi connectivity index (χ3n) is 3.03. The quantitative estimate of drug-likeness (QED) is 0.620. The van der Waals surface area contributed by atoms with Crippen molar-refractivity contribution in [3.63, 3.8) is 0 Å². The number of nitro benzene ring substituents is 1. The fourth-order valence-electron chi connectivity index (χ4n) is 2.05. The molecule has 0 aliphatic heterocycles. The Balaban J connectivity index is 2.11. The number of non-ortho nitro benzene ring substituents is 1. The summed E-state index contributed by atoms with van der Waals surface area (Å²) in [6, 6.07) is 3.94. The minimum Gasteiger partial charge on any atom is -0.486 e. The first-order valence-electron chi connectivity index (χ1n) is 5.82. The van der Waals surface area contributed by atoms with Crippen LogP contribution in [0.25, 0.3) is 0 Å². The number of hydrogen-bond donors (Lipinski definition) is 0. The van der Waals surface area contributed by atoms with E-state index in [1.807, 2.05) is 0 Å². The van der Waals surface area contributed by atoms with Crippen LogP contribution in [0.5, 0.6) is 5.75 Å². The molecular weight excluding hydrogens is 261 g/mol. The summed E-state index contributed by atoms with van der Waals surface area (Å²) in [7, 11) is 0. The van der Waals surface area contributed by atoms with Crippen LogP contribution in [0.3, 0.4) is 0 Å². The molecule has 2 rings (SSSR count). The second kappa shape index (κ2) is 5.52. The molecular formula is C12H13ClFNO3. The first kappa shape index (κ1) is 13.1. The summed E-state index contributed by atoms with van der Waals surface area (Å²) < 4.78 is 19.1. The fourth-order valence-corrected chi connectivity index (χ4v) is 2.27. The molecule has 0 amide bonds. The highest BCUT2D eigenvalue weighted by molar-refractivity contribution is 6.32. The molecule has 1 aromatic rings. The van der Waals surface area contributed by atoms with Crippen LogP contribution < -0.4 is 4.74 Å². The highest BCUT2D eigenvalue weighted by Crippen LogP contribution is 2.32. The molecule has 1 fully saturated rings. The molecule has 0 saturated heterocycles. The van der Waals surface area contributed by atoms with Crippen molar-refractivity contribution in [2.75, 3.05) is 0 Å². The van der Waals surface area contributed by atoms with E-state index in [1.165, 1.54) is 18.2 Å². The number of ether oxygens (including phenoxy) is 1. The van der Waals surface area contributed by atoms with E-state index in [2.05, 4.69) is 0 Å². The molecule has 4 nitrogen and oxygen atoms in total. The van der Waals surface area contributed by atoms with Gasteiger partial charge in [0, 0.05) is 12.1 Å². The van der Waals surface area contributed by atoms with E-state index in [0.717, 1.165) is 12.8 Å². The van der Waals surface area contributed by atoms with Gasteiger partial charge in [0.2, 0.25) is 0 Å². The van der Waals surface area contributed by atoms with Gasteiger partial charge in [0.05, 0.1) is 9.95 Å². The van der Waals surface area contributed by atoms with Gasteiger partial charge in [-0.3, -0.25) is 10.1 Å². The van der Waals surface area contributed by atoms with Gasteiger partial charge >= 0.3 is 0 Å². The van der Waals surface area contributed by atoms with E-state index < -0.39 is 17.2 Å². The van der Waals surface area contributed by atoms with Crippen LogP contribution in [0, 0.1) is 10.1 Å². The molecule has 0 heterocycles. The number of rotatable bonds is 3. The van der Waals surface area contributed by atoms with Crippen LogP contribution in [-0.4, -0.2) is 17.2 Å². The van der Waals surface area contributed by atoms with Gasteiger partial charge in [-0.1, -0.05) is 18.0 Å². The lowest BCUT2D eigenvalue weighted by atomic mass is 9.96. The maximum absolute atomic E-state index is 13.6. The predicted molar refractivity (Wildman–Crippen MR) is 65.9 cm³/mol. The number of nitro groups is 1. The molecule has 1 aliphatic rings. The van der Waals surface area contributed by atoms with E-state index in [9.17, 15) is 14.5 Å². The Morgan fingerprint density at radius 3 is 2.72 bits per heavy atom. The molecule has 0 bridgehead atoms. The lowest BCUT2D eigenvalue weighted by molar-refractivity contribution is -0.384. The minimum absolute atomic E-state index is 0.104. The van der Waals surface area contributed by atoms with Crippen LogP contribution in [0.15, 0.2) is 18.2 Å². The topological polar surface area (TPSA) is 52.4 Å². The Labute approximate surface area is 109 Å². The third-order valence-corrected chi connectivity index (χ3v) is 3.32. The number of hydrogen-bond acceptors (Lipinski definition) is 3. The van der Waals surface area contributed by atoms with Crippen LogP contribution in [-0.2, 0) is 0 Å². The van der Waals surface area contributed by atoms with E-state index in [-0.39, 0.29) is 10.7 Å². The molecule has 18 heavy (non-hydrogen) atoms. The maximum atomic E-state index is 13.6. The van der Waals surface area contributed by atoms with E-state index in [0.29, 0.717) is 18.6 Å². The number of halogens is 2.